The highest BCUT2D eigenvalue weighted by molar-refractivity contribution is 7.71. The summed E-state index contributed by atoms with van der Waals surface area (Å²) >= 11 is 6.87. The Morgan fingerprint density at radius 1 is 1.44 bits per heavy atom. The van der Waals surface area contributed by atoms with Crippen molar-refractivity contribution >= 4 is 23.6 Å². The van der Waals surface area contributed by atoms with Gasteiger partial charge in [0.15, 0.2) is 10.6 Å². The summed E-state index contributed by atoms with van der Waals surface area (Å²) < 4.78 is 7.81. The Hall–Kier alpha value is -1.05. The predicted molar refractivity (Wildman–Crippen MR) is 74.3 cm³/mol. The number of nitrogens with zero attached hydrogens (tertiary/aromatic N) is 3. The zero-order chi connectivity index (χ0) is 13.1. The Balaban J connectivity index is 2.54. The van der Waals surface area contributed by atoms with Gasteiger partial charge in [-0.1, -0.05) is 6.92 Å². The highest BCUT2D eigenvalue weighted by atomic mass is 32.1. The van der Waals surface area contributed by atoms with E-state index < -0.39 is 0 Å². The van der Waals surface area contributed by atoms with Crippen molar-refractivity contribution in [2.45, 2.75) is 33.4 Å². The van der Waals surface area contributed by atoms with E-state index in [9.17, 15) is 0 Å². The van der Waals surface area contributed by atoms with Crippen LogP contribution in [0.15, 0.2) is 0 Å². The number of ether oxygens (including phenoxy) is 1. The molecule has 0 bridgehead atoms. The largest absolute Gasteiger partial charge is 0.378 e. The molecule has 0 spiro atoms. The molecule has 0 aliphatic heterocycles. The molecular formula is C11H16N4OS2. The second kappa shape index (κ2) is 5.73. The van der Waals surface area contributed by atoms with Crippen molar-refractivity contribution in [1.82, 2.24) is 19.7 Å². The topological polar surface area (TPSA) is 55.7 Å². The van der Waals surface area contributed by atoms with Gasteiger partial charge in [-0.15, -0.1) is 11.3 Å². The molecule has 2 heterocycles. The van der Waals surface area contributed by atoms with Gasteiger partial charge < -0.3 is 4.74 Å². The minimum absolute atomic E-state index is 0.495. The number of hydrogen-bond donors (Lipinski definition) is 1. The molecule has 0 radical (unpaired) electrons. The lowest BCUT2D eigenvalue weighted by atomic mass is 10.3. The Morgan fingerprint density at radius 2 is 2.22 bits per heavy atom. The van der Waals surface area contributed by atoms with E-state index in [-0.39, 0.29) is 0 Å². The monoisotopic (exact) mass is 284 g/mol. The Morgan fingerprint density at radius 3 is 2.83 bits per heavy atom. The van der Waals surface area contributed by atoms with Gasteiger partial charge in [0.2, 0.25) is 0 Å². The molecule has 0 saturated carbocycles. The summed E-state index contributed by atoms with van der Waals surface area (Å²) in [6.45, 7) is 5.42. The molecule has 0 atom stereocenters. The van der Waals surface area contributed by atoms with Crippen LogP contribution in [0.25, 0.3) is 10.7 Å². The molecule has 7 heteroatoms. The number of aromatic nitrogens is 4. The van der Waals surface area contributed by atoms with Gasteiger partial charge in [-0.3, -0.25) is 9.67 Å². The molecule has 98 valence electrons. The maximum atomic E-state index is 5.21. The number of hydrogen-bond acceptors (Lipinski definition) is 5. The third-order valence-electron chi connectivity index (χ3n) is 2.60. The first-order valence-corrected chi connectivity index (χ1v) is 7.06. The van der Waals surface area contributed by atoms with Crippen molar-refractivity contribution in [3.05, 3.63) is 15.5 Å². The van der Waals surface area contributed by atoms with E-state index in [0.29, 0.717) is 11.4 Å². The number of methoxy groups -OCH3 is 1. The minimum Gasteiger partial charge on any atom is -0.378 e. The maximum absolute atomic E-state index is 5.21. The Kier molecular flexibility index (Phi) is 4.26. The van der Waals surface area contributed by atoms with E-state index in [2.05, 4.69) is 22.1 Å². The van der Waals surface area contributed by atoms with Crippen LogP contribution in [0, 0.1) is 4.77 Å². The van der Waals surface area contributed by atoms with Crippen molar-refractivity contribution in [2.24, 2.45) is 0 Å². The van der Waals surface area contributed by atoms with Gasteiger partial charge in [-0.2, -0.15) is 5.10 Å². The van der Waals surface area contributed by atoms with Gasteiger partial charge in [0.25, 0.3) is 0 Å². The molecule has 0 amide bonds. The van der Waals surface area contributed by atoms with Crippen molar-refractivity contribution in [1.29, 1.82) is 0 Å². The molecule has 18 heavy (non-hydrogen) atoms. The van der Waals surface area contributed by atoms with Gasteiger partial charge in [0.05, 0.1) is 22.2 Å². The van der Waals surface area contributed by atoms with Gasteiger partial charge in [-0.25, -0.2) is 4.98 Å². The highest BCUT2D eigenvalue weighted by Gasteiger charge is 2.17. The smallest absolute Gasteiger partial charge is 0.195 e. The summed E-state index contributed by atoms with van der Waals surface area (Å²) in [5, 5.41) is 8.24. The lowest BCUT2D eigenvalue weighted by Crippen LogP contribution is -1.99. The SMILES string of the molecule is CCc1nc(COC)c(-c2n[nH]c(=S)n2CC)s1. The average molecular weight is 284 g/mol. The lowest BCUT2D eigenvalue weighted by molar-refractivity contribution is 0.182. The summed E-state index contributed by atoms with van der Waals surface area (Å²) in [5.74, 6) is 0.853. The maximum Gasteiger partial charge on any atom is 0.195 e. The van der Waals surface area contributed by atoms with Gasteiger partial charge in [-0.05, 0) is 25.6 Å². The zero-order valence-electron chi connectivity index (χ0n) is 10.7. The molecule has 0 aliphatic carbocycles. The quantitative estimate of drug-likeness (QED) is 0.858. The fraction of sp³-hybridized carbons (Fsp3) is 0.545. The van der Waals surface area contributed by atoms with Crippen LogP contribution in [0.4, 0.5) is 0 Å². The van der Waals surface area contributed by atoms with Crippen LogP contribution in [0.2, 0.25) is 0 Å². The van der Waals surface area contributed by atoms with Crippen LogP contribution in [0.5, 0.6) is 0 Å². The second-order valence-electron chi connectivity index (χ2n) is 3.77. The number of rotatable bonds is 5. The first kappa shape index (κ1) is 13.4. The first-order valence-electron chi connectivity index (χ1n) is 5.84. The summed E-state index contributed by atoms with van der Waals surface area (Å²) in [6, 6.07) is 0. The fourth-order valence-corrected chi connectivity index (χ4v) is 3.01. The van der Waals surface area contributed by atoms with E-state index in [1.54, 1.807) is 18.4 Å². The van der Waals surface area contributed by atoms with Crippen LogP contribution in [0.1, 0.15) is 24.5 Å². The van der Waals surface area contributed by atoms with Crippen LogP contribution < -0.4 is 0 Å². The molecule has 5 nitrogen and oxygen atoms in total. The number of H-pyrrole nitrogens is 1. The molecule has 2 aromatic heterocycles. The molecule has 0 aromatic carbocycles. The van der Waals surface area contributed by atoms with Gasteiger partial charge >= 0.3 is 0 Å². The van der Waals surface area contributed by atoms with Crippen molar-refractivity contribution in [3.8, 4) is 10.7 Å². The standard InChI is InChI=1S/C11H16N4OS2/c1-4-8-12-7(6-16-3)9(18-8)10-13-14-11(17)15(10)5-2/h4-6H2,1-3H3,(H,14,17). The average Bonchev–Trinajstić information content (AvgIpc) is 2.93. The van der Waals surface area contributed by atoms with Crippen LogP contribution in [-0.2, 0) is 24.3 Å². The zero-order valence-corrected chi connectivity index (χ0v) is 12.3. The summed E-state index contributed by atoms with van der Waals surface area (Å²) in [4.78, 5) is 5.62. The summed E-state index contributed by atoms with van der Waals surface area (Å²) in [5.41, 5.74) is 0.933. The van der Waals surface area contributed by atoms with Crippen LogP contribution in [-0.4, -0.2) is 26.9 Å². The van der Waals surface area contributed by atoms with Crippen molar-refractivity contribution in [3.63, 3.8) is 0 Å². The summed E-state index contributed by atoms with van der Waals surface area (Å²) in [6.07, 6.45) is 0.915. The predicted octanol–water partition coefficient (Wildman–Crippen LogP) is 2.79. The number of aromatic amines is 1. The summed E-state index contributed by atoms with van der Waals surface area (Å²) in [7, 11) is 1.67. The number of thiazole rings is 1. The van der Waals surface area contributed by atoms with E-state index >= 15 is 0 Å². The minimum atomic E-state index is 0.495. The van der Waals surface area contributed by atoms with E-state index in [1.165, 1.54) is 0 Å². The molecule has 1 N–H and O–H groups in total. The van der Waals surface area contributed by atoms with Crippen molar-refractivity contribution in [2.75, 3.05) is 7.11 Å². The van der Waals surface area contributed by atoms with Gasteiger partial charge in [0.1, 0.15) is 0 Å². The lowest BCUT2D eigenvalue weighted by Gasteiger charge is -2.02. The first-order chi connectivity index (χ1) is 8.71. The second-order valence-corrected chi connectivity index (χ2v) is 5.24. The molecule has 0 unspecified atom stereocenters. The number of nitrogens with one attached hydrogen (secondary N) is 1. The van der Waals surface area contributed by atoms with E-state index in [0.717, 1.165) is 34.4 Å². The molecule has 2 aromatic rings. The third-order valence-corrected chi connectivity index (χ3v) is 4.15. The molecular weight excluding hydrogens is 268 g/mol. The molecule has 0 fully saturated rings. The molecule has 0 aliphatic rings. The van der Waals surface area contributed by atoms with Crippen LogP contribution in [0.3, 0.4) is 0 Å². The van der Waals surface area contributed by atoms with E-state index in [1.807, 2.05) is 11.5 Å². The highest BCUT2D eigenvalue weighted by Crippen LogP contribution is 2.30. The fourth-order valence-electron chi connectivity index (χ4n) is 1.75. The third kappa shape index (κ3) is 2.38. The number of aryl methyl sites for hydroxylation is 1. The van der Waals surface area contributed by atoms with E-state index in [4.69, 9.17) is 17.0 Å². The molecule has 2 rings (SSSR count). The van der Waals surface area contributed by atoms with Crippen LogP contribution >= 0.6 is 23.6 Å². The Bertz CT molecular complexity index is 584. The normalized spacial score (nSPS) is 11.1. The van der Waals surface area contributed by atoms with Gasteiger partial charge in [0, 0.05) is 13.7 Å². The Labute approximate surface area is 115 Å². The molecule has 0 saturated heterocycles. The van der Waals surface area contributed by atoms with Crippen molar-refractivity contribution < 1.29 is 4.74 Å².